The molecule has 0 N–H and O–H groups in total. The third-order valence-corrected chi connectivity index (χ3v) is 2.71. The number of carbonyl (C=O) groups is 1. The van der Waals surface area contributed by atoms with Crippen LogP contribution in [0, 0.1) is 0 Å². The molecule has 4 nitrogen and oxygen atoms in total. The van der Waals surface area contributed by atoms with Crippen molar-refractivity contribution in [2.75, 3.05) is 13.1 Å². The molecule has 94 valence electrons. The zero-order chi connectivity index (χ0) is 12.6. The molecule has 3 rings (SSSR count). The van der Waals surface area contributed by atoms with E-state index in [0.29, 0.717) is 5.69 Å². The number of amides is 1. The molecule has 1 aliphatic heterocycles. The maximum absolute atomic E-state index is 11.5. The number of oxazole rings is 1. The van der Waals surface area contributed by atoms with Crippen LogP contribution in [0.5, 0.6) is 0 Å². The van der Waals surface area contributed by atoms with E-state index in [9.17, 15) is 4.79 Å². The lowest BCUT2D eigenvalue weighted by atomic mass is 10.4. The molecule has 0 bridgehead atoms. The van der Waals surface area contributed by atoms with E-state index in [1.807, 2.05) is 36.4 Å². The van der Waals surface area contributed by atoms with E-state index in [1.54, 1.807) is 4.90 Å². The van der Waals surface area contributed by atoms with Crippen LogP contribution in [0.4, 0.5) is 0 Å². The van der Waals surface area contributed by atoms with Crippen molar-refractivity contribution in [2.24, 2.45) is 0 Å². The van der Waals surface area contributed by atoms with Gasteiger partial charge in [0.05, 0.1) is 0 Å². The molecule has 0 radical (unpaired) electrons. The molecular weight excluding hydrogens is 228 g/mol. The van der Waals surface area contributed by atoms with Gasteiger partial charge in [-0.25, -0.2) is 4.98 Å². The van der Waals surface area contributed by atoms with Crippen LogP contribution < -0.4 is 0 Å². The third-order valence-electron chi connectivity index (χ3n) is 2.71. The van der Waals surface area contributed by atoms with Crippen molar-refractivity contribution in [1.82, 2.24) is 9.88 Å². The lowest BCUT2D eigenvalue weighted by Crippen LogP contribution is -2.27. The number of nitrogens with zero attached hydrogens (tertiary/aromatic N) is 2. The molecule has 0 spiro atoms. The Kier molecular flexibility index (Phi) is 4.53. The molecular formula is C14H16N2O2. The maximum atomic E-state index is 11.5. The lowest BCUT2D eigenvalue weighted by Gasteiger charge is -2.12. The van der Waals surface area contributed by atoms with Crippen molar-refractivity contribution in [3.8, 4) is 0 Å². The van der Waals surface area contributed by atoms with Crippen LogP contribution in [0.15, 0.2) is 53.5 Å². The van der Waals surface area contributed by atoms with E-state index in [-0.39, 0.29) is 5.91 Å². The van der Waals surface area contributed by atoms with Crippen LogP contribution in [-0.2, 0) is 0 Å². The van der Waals surface area contributed by atoms with Gasteiger partial charge in [-0.05, 0) is 12.8 Å². The predicted octanol–water partition coefficient (Wildman–Crippen LogP) is 2.60. The highest BCUT2D eigenvalue weighted by molar-refractivity contribution is 5.92. The Morgan fingerprint density at radius 2 is 1.61 bits per heavy atom. The van der Waals surface area contributed by atoms with Crippen LogP contribution >= 0.6 is 0 Å². The number of likely N-dealkylation sites (tertiary alicyclic amines) is 1. The highest BCUT2D eigenvalue weighted by atomic mass is 16.3. The number of rotatable bonds is 1. The highest BCUT2D eigenvalue weighted by Gasteiger charge is 2.20. The minimum atomic E-state index is -0.0127. The Balaban J connectivity index is 0.000000169. The van der Waals surface area contributed by atoms with Gasteiger partial charge in [0.1, 0.15) is 6.26 Å². The lowest BCUT2D eigenvalue weighted by molar-refractivity contribution is 0.0787. The Morgan fingerprint density at radius 1 is 1.06 bits per heavy atom. The summed E-state index contributed by atoms with van der Waals surface area (Å²) in [4.78, 5) is 17.1. The molecule has 1 saturated heterocycles. The number of benzene rings is 1. The van der Waals surface area contributed by atoms with E-state index >= 15 is 0 Å². The van der Waals surface area contributed by atoms with Crippen molar-refractivity contribution in [3.63, 3.8) is 0 Å². The van der Waals surface area contributed by atoms with Gasteiger partial charge in [-0.3, -0.25) is 4.79 Å². The Hall–Kier alpha value is -2.10. The topological polar surface area (TPSA) is 46.3 Å². The van der Waals surface area contributed by atoms with Crippen LogP contribution in [0.3, 0.4) is 0 Å². The van der Waals surface area contributed by atoms with Crippen molar-refractivity contribution < 1.29 is 9.21 Å². The zero-order valence-corrected chi connectivity index (χ0v) is 10.2. The molecule has 1 aliphatic rings. The van der Waals surface area contributed by atoms with Crippen molar-refractivity contribution >= 4 is 5.91 Å². The summed E-state index contributed by atoms with van der Waals surface area (Å²) in [5, 5.41) is 0. The van der Waals surface area contributed by atoms with Gasteiger partial charge in [-0.1, -0.05) is 36.4 Å². The first kappa shape index (κ1) is 12.4. The second kappa shape index (κ2) is 6.59. The Morgan fingerprint density at radius 3 is 2.06 bits per heavy atom. The maximum Gasteiger partial charge on any atom is 0.275 e. The molecule has 2 heterocycles. The monoisotopic (exact) mass is 244 g/mol. The van der Waals surface area contributed by atoms with Gasteiger partial charge in [-0.15, -0.1) is 0 Å². The summed E-state index contributed by atoms with van der Waals surface area (Å²) in [5.74, 6) is -0.0127. The number of carbonyl (C=O) groups excluding carboxylic acids is 1. The fourth-order valence-corrected chi connectivity index (χ4v) is 1.79. The summed E-state index contributed by atoms with van der Waals surface area (Å²) in [7, 11) is 0. The van der Waals surface area contributed by atoms with Gasteiger partial charge in [0.15, 0.2) is 12.1 Å². The molecule has 1 amide bonds. The van der Waals surface area contributed by atoms with Gasteiger partial charge in [-0.2, -0.15) is 0 Å². The van der Waals surface area contributed by atoms with Crippen molar-refractivity contribution in [3.05, 3.63) is 54.7 Å². The Labute approximate surface area is 106 Å². The molecule has 0 saturated carbocycles. The summed E-state index contributed by atoms with van der Waals surface area (Å²) < 4.78 is 4.74. The molecule has 1 fully saturated rings. The quantitative estimate of drug-likeness (QED) is 0.774. The third kappa shape index (κ3) is 3.45. The van der Waals surface area contributed by atoms with E-state index in [1.165, 1.54) is 12.7 Å². The minimum absolute atomic E-state index is 0.0127. The molecule has 4 heteroatoms. The molecule has 1 aromatic heterocycles. The van der Waals surface area contributed by atoms with Gasteiger partial charge in [0.25, 0.3) is 5.91 Å². The van der Waals surface area contributed by atoms with Gasteiger partial charge < -0.3 is 9.32 Å². The first-order chi connectivity index (χ1) is 8.88. The summed E-state index contributed by atoms with van der Waals surface area (Å²) in [5.41, 5.74) is 0.414. The summed E-state index contributed by atoms with van der Waals surface area (Å²) in [6, 6.07) is 12.0. The zero-order valence-electron chi connectivity index (χ0n) is 10.2. The molecule has 18 heavy (non-hydrogen) atoms. The minimum Gasteiger partial charge on any atom is -0.451 e. The van der Waals surface area contributed by atoms with Crippen molar-refractivity contribution in [1.29, 1.82) is 0 Å². The molecule has 0 atom stereocenters. The van der Waals surface area contributed by atoms with E-state index in [4.69, 9.17) is 4.42 Å². The van der Waals surface area contributed by atoms with Gasteiger partial charge >= 0.3 is 0 Å². The fraction of sp³-hybridized carbons (Fsp3) is 0.286. The van der Waals surface area contributed by atoms with E-state index in [0.717, 1.165) is 25.9 Å². The summed E-state index contributed by atoms with van der Waals surface area (Å²) in [6.07, 6.45) is 4.87. The van der Waals surface area contributed by atoms with Crippen LogP contribution in [0.1, 0.15) is 23.3 Å². The largest absolute Gasteiger partial charge is 0.451 e. The van der Waals surface area contributed by atoms with Crippen molar-refractivity contribution in [2.45, 2.75) is 12.8 Å². The molecule has 1 aromatic carbocycles. The first-order valence-corrected chi connectivity index (χ1v) is 6.05. The second-order valence-electron chi connectivity index (χ2n) is 4.03. The molecule has 0 unspecified atom stereocenters. The highest BCUT2D eigenvalue weighted by Crippen LogP contribution is 2.10. The average Bonchev–Trinajstić information content (AvgIpc) is 3.14. The van der Waals surface area contributed by atoms with E-state index < -0.39 is 0 Å². The first-order valence-electron chi connectivity index (χ1n) is 6.05. The number of hydrogen-bond acceptors (Lipinski definition) is 3. The second-order valence-corrected chi connectivity index (χ2v) is 4.03. The molecule has 2 aromatic rings. The summed E-state index contributed by atoms with van der Waals surface area (Å²) >= 11 is 0. The number of hydrogen-bond donors (Lipinski definition) is 0. The fourth-order valence-electron chi connectivity index (χ4n) is 1.79. The van der Waals surface area contributed by atoms with Gasteiger partial charge in [0.2, 0.25) is 0 Å². The smallest absolute Gasteiger partial charge is 0.275 e. The predicted molar refractivity (Wildman–Crippen MR) is 68.1 cm³/mol. The van der Waals surface area contributed by atoms with Crippen LogP contribution in [0.2, 0.25) is 0 Å². The van der Waals surface area contributed by atoms with Gasteiger partial charge in [0, 0.05) is 13.1 Å². The molecule has 0 aliphatic carbocycles. The normalized spacial score (nSPS) is 13.9. The number of aromatic nitrogens is 1. The standard InChI is InChI=1S/C8H10N2O2.C6H6/c11-8(7-5-12-6-9-7)10-3-1-2-4-10;1-2-4-6-5-3-1/h5-6H,1-4H2;1-6H. The Bertz CT molecular complexity index is 421. The van der Waals surface area contributed by atoms with Crippen LogP contribution in [-0.4, -0.2) is 28.9 Å². The van der Waals surface area contributed by atoms with Crippen LogP contribution in [0.25, 0.3) is 0 Å². The van der Waals surface area contributed by atoms with E-state index in [2.05, 4.69) is 4.98 Å². The average molecular weight is 244 g/mol. The SMILES string of the molecule is O=C(c1cocn1)N1CCCC1.c1ccccc1. The summed E-state index contributed by atoms with van der Waals surface area (Å²) in [6.45, 7) is 1.71.